The molecule has 0 aliphatic rings. The predicted molar refractivity (Wildman–Crippen MR) is 80.8 cm³/mol. The number of benzene rings is 2. The standard InChI is InChI=1S/C17H21NO/c1-3-5-14-8-10-16(11-9-14)18-13-15-6-4-7-17(12-15)19-2/h4,6-12,18H,3,5,13H2,1-2H3. The molecule has 0 saturated heterocycles. The van der Waals surface area contributed by atoms with Crippen LogP contribution in [0.4, 0.5) is 5.69 Å². The van der Waals surface area contributed by atoms with Crippen LogP contribution in [0.2, 0.25) is 0 Å². The first-order valence-electron chi connectivity index (χ1n) is 6.77. The van der Waals surface area contributed by atoms with Crippen LogP contribution < -0.4 is 10.1 Å². The number of rotatable bonds is 6. The fourth-order valence-electron chi connectivity index (χ4n) is 2.06. The summed E-state index contributed by atoms with van der Waals surface area (Å²) in [7, 11) is 1.69. The summed E-state index contributed by atoms with van der Waals surface area (Å²) in [6.45, 7) is 3.01. The predicted octanol–water partition coefficient (Wildman–Crippen LogP) is 4.26. The van der Waals surface area contributed by atoms with Crippen molar-refractivity contribution in [1.82, 2.24) is 0 Å². The third-order valence-electron chi connectivity index (χ3n) is 3.12. The molecule has 2 heteroatoms. The smallest absolute Gasteiger partial charge is 0.119 e. The fourth-order valence-corrected chi connectivity index (χ4v) is 2.06. The van der Waals surface area contributed by atoms with Crippen molar-refractivity contribution in [2.45, 2.75) is 26.3 Å². The van der Waals surface area contributed by atoms with Gasteiger partial charge in [-0.25, -0.2) is 0 Å². The number of hydrogen-bond acceptors (Lipinski definition) is 2. The lowest BCUT2D eigenvalue weighted by atomic mass is 10.1. The number of aryl methyl sites for hydroxylation is 1. The Kier molecular flexibility index (Phi) is 4.85. The summed E-state index contributed by atoms with van der Waals surface area (Å²) in [5.41, 5.74) is 3.77. The van der Waals surface area contributed by atoms with E-state index in [2.05, 4.69) is 48.6 Å². The van der Waals surface area contributed by atoms with Gasteiger partial charge in [0.1, 0.15) is 5.75 Å². The normalized spacial score (nSPS) is 10.2. The molecule has 100 valence electrons. The molecule has 2 rings (SSSR count). The number of hydrogen-bond donors (Lipinski definition) is 1. The summed E-state index contributed by atoms with van der Waals surface area (Å²) in [6.07, 6.45) is 2.34. The Balaban J connectivity index is 1.94. The van der Waals surface area contributed by atoms with E-state index in [-0.39, 0.29) is 0 Å². The van der Waals surface area contributed by atoms with Crippen molar-refractivity contribution < 1.29 is 4.74 Å². The van der Waals surface area contributed by atoms with Gasteiger partial charge in [0.05, 0.1) is 7.11 Å². The summed E-state index contributed by atoms with van der Waals surface area (Å²) in [5.74, 6) is 0.901. The van der Waals surface area contributed by atoms with Gasteiger partial charge >= 0.3 is 0 Å². The Hall–Kier alpha value is -1.96. The average molecular weight is 255 g/mol. The second-order valence-corrected chi connectivity index (χ2v) is 4.65. The molecule has 0 unspecified atom stereocenters. The van der Waals surface area contributed by atoms with E-state index < -0.39 is 0 Å². The van der Waals surface area contributed by atoms with E-state index in [1.807, 2.05) is 12.1 Å². The maximum atomic E-state index is 5.22. The summed E-state index contributed by atoms with van der Waals surface area (Å²) >= 11 is 0. The lowest BCUT2D eigenvalue weighted by Crippen LogP contribution is -1.99. The largest absolute Gasteiger partial charge is 0.497 e. The molecule has 0 bridgehead atoms. The molecule has 0 radical (unpaired) electrons. The zero-order chi connectivity index (χ0) is 13.5. The lowest BCUT2D eigenvalue weighted by Gasteiger charge is -2.08. The maximum absolute atomic E-state index is 5.22. The minimum Gasteiger partial charge on any atom is -0.497 e. The minimum absolute atomic E-state index is 0.810. The zero-order valence-corrected chi connectivity index (χ0v) is 11.6. The molecule has 0 aliphatic carbocycles. The van der Waals surface area contributed by atoms with Gasteiger partial charge in [0.2, 0.25) is 0 Å². The first kappa shape index (κ1) is 13.5. The summed E-state index contributed by atoms with van der Waals surface area (Å²) in [6, 6.07) is 16.8. The Labute approximate surface area is 115 Å². The lowest BCUT2D eigenvalue weighted by molar-refractivity contribution is 0.414. The van der Waals surface area contributed by atoms with Crippen molar-refractivity contribution in [2.75, 3.05) is 12.4 Å². The van der Waals surface area contributed by atoms with Gasteiger partial charge in [-0.3, -0.25) is 0 Å². The van der Waals surface area contributed by atoms with Crippen LogP contribution in [0.15, 0.2) is 48.5 Å². The number of nitrogens with one attached hydrogen (secondary N) is 1. The average Bonchev–Trinajstić information content (AvgIpc) is 2.47. The molecule has 0 spiro atoms. The number of anilines is 1. The van der Waals surface area contributed by atoms with E-state index in [0.29, 0.717) is 0 Å². The Bertz CT molecular complexity index is 505. The molecule has 2 aromatic rings. The van der Waals surface area contributed by atoms with Crippen molar-refractivity contribution in [2.24, 2.45) is 0 Å². The van der Waals surface area contributed by atoms with E-state index in [9.17, 15) is 0 Å². The molecule has 0 aromatic heterocycles. The minimum atomic E-state index is 0.810. The first-order chi connectivity index (χ1) is 9.31. The summed E-state index contributed by atoms with van der Waals surface area (Å²) in [4.78, 5) is 0. The second-order valence-electron chi connectivity index (χ2n) is 4.65. The van der Waals surface area contributed by atoms with Crippen LogP contribution in [0.5, 0.6) is 5.75 Å². The second kappa shape index (κ2) is 6.83. The highest BCUT2D eigenvalue weighted by Crippen LogP contribution is 2.15. The fraction of sp³-hybridized carbons (Fsp3) is 0.294. The Morgan fingerprint density at radius 1 is 1.00 bits per heavy atom. The van der Waals surface area contributed by atoms with Gasteiger partial charge in [0.25, 0.3) is 0 Å². The van der Waals surface area contributed by atoms with E-state index in [0.717, 1.165) is 24.4 Å². The molecular weight excluding hydrogens is 234 g/mol. The third kappa shape index (κ3) is 4.02. The van der Waals surface area contributed by atoms with Crippen molar-refractivity contribution in [3.05, 3.63) is 59.7 Å². The molecule has 19 heavy (non-hydrogen) atoms. The number of methoxy groups -OCH3 is 1. The third-order valence-corrected chi connectivity index (χ3v) is 3.12. The van der Waals surface area contributed by atoms with Gasteiger partial charge in [0.15, 0.2) is 0 Å². The molecule has 2 nitrogen and oxygen atoms in total. The van der Waals surface area contributed by atoms with Crippen LogP contribution in [0.3, 0.4) is 0 Å². The molecular formula is C17H21NO. The van der Waals surface area contributed by atoms with E-state index in [4.69, 9.17) is 4.74 Å². The van der Waals surface area contributed by atoms with Crippen molar-refractivity contribution in [3.8, 4) is 5.75 Å². The van der Waals surface area contributed by atoms with Crippen LogP contribution in [-0.2, 0) is 13.0 Å². The first-order valence-corrected chi connectivity index (χ1v) is 6.77. The maximum Gasteiger partial charge on any atom is 0.119 e. The highest BCUT2D eigenvalue weighted by atomic mass is 16.5. The quantitative estimate of drug-likeness (QED) is 0.832. The van der Waals surface area contributed by atoms with Gasteiger partial charge in [-0.2, -0.15) is 0 Å². The van der Waals surface area contributed by atoms with Gasteiger partial charge in [-0.05, 0) is 41.8 Å². The van der Waals surface area contributed by atoms with Crippen LogP contribution in [-0.4, -0.2) is 7.11 Å². The molecule has 0 fully saturated rings. The topological polar surface area (TPSA) is 21.3 Å². The van der Waals surface area contributed by atoms with Gasteiger partial charge in [-0.1, -0.05) is 37.6 Å². The number of ether oxygens (including phenoxy) is 1. The van der Waals surface area contributed by atoms with Gasteiger partial charge in [-0.15, -0.1) is 0 Å². The van der Waals surface area contributed by atoms with Crippen LogP contribution in [0, 0.1) is 0 Å². The molecule has 0 saturated carbocycles. The molecule has 0 heterocycles. The molecule has 1 N–H and O–H groups in total. The Morgan fingerprint density at radius 3 is 2.47 bits per heavy atom. The van der Waals surface area contributed by atoms with Crippen molar-refractivity contribution >= 4 is 5.69 Å². The molecule has 0 amide bonds. The summed E-state index contributed by atoms with van der Waals surface area (Å²) < 4.78 is 5.22. The van der Waals surface area contributed by atoms with Crippen LogP contribution >= 0.6 is 0 Å². The van der Waals surface area contributed by atoms with E-state index >= 15 is 0 Å². The van der Waals surface area contributed by atoms with Crippen molar-refractivity contribution in [3.63, 3.8) is 0 Å². The summed E-state index contributed by atoms with van der Waals surface area (Å²) in [5, 5.41) is 3.43. The molecule has 0 atom stereocenters. The van der Waals surface area contributed by atoms with Crippen LogP contribution in [0.1, 0.15) is 24.5 Å². The van der Waals surface area contributed by atoms with E-state index in [1.165, 1.54) is 17.5 Å². The van der Waals surface area contributed by atoms with Crippen molar-refractivity contribution in [1.29, 1.82) is 0 Å². The highest BCUT2D eigenvalue weighted by Gasteiger charge is 1.97. The molecule has 2 aromatic carbocycles. The van der Waals surface area contributed by atoms with Gasteiger partial charge < -0.3 is 10.1 Å². The SMILES string of the molecule is CCCc1ccc(NCc2cccc(OC)c2)cc1. The zero-order valence-electron chi connectivity index (χ0n) is 11.6. The van der Waals surface area contributed by atoms with E-state index in [1.54, 1.807) is 7.11 Å². The van der Waals surface area contributed by atoms with Crippen LogP contribution in [0.25, 0.3) is 0 Å². The Morgan fingerprint density at radius 2 is 1.79 bits per heavy atom. The monoisotopic (exact) mass is 255 g/mol. The highest BCUT2D eigenvalue weighted by molar-refractivity contribution is 5.45. The van der Waals surface area contributed by atoms with Gasteiger partial charge in [0, 0.05) is 12.2 Å². The molecule has 0 aliphatic heterocycles.